The Morgan fingerprint density at radius 1 is 0.534 bits per heavy atom. The molecule has 0 N–H and O–H groups in total. The lowest BCUT2D eigenvalue weighted by Crippen LogP contribution is -2.42. The smallest absolute Gasteiger partial charge is 0.167 e. The van der Waals surface area contributed by atoms with Crippen LogP contribution in [0, 0.1) is 29.1 Å². The van der Waals surface area contributed by atoms with Crippen LogP contribution >= 0.6 is 0 Å². The summed E-state index contributed by atoms with van der Waals surface area (Å²) >= 11 is 0. The van der Waals surface area contributed by atoms with Crippen LogP contribution < -0.4 is 0 Å². The fourth-order valence-corrected chi connectivity index (χ4v) is 11.1. The molecule has 58 heavy (non-hydrogen) atoms. The fourth-order valence-electron chi connectivity index (χ4n) is 11.1. The molecule has 5 heteroatoms. The predicted molar refractivity (Wildman–Crippen MR) is 235 cm³/mol. The SMILES string of the molecule is C[C@@H]1C[C@@H]2C[C@H](C)CC(c3ccc(-c4c5ccccc5c(-c5nc(-c6ccc(C#N)cc6)nc(-c6cccc7c6oc6ccccc67)n5)c5ccccc45)cc3)(C1)C2. The van der Waals surface area contributed by atoms with Gasteiger partial charge in [-0.05, 0) is 130 Å². The number of fused-ring (bicyclic) bond motifs is 7. The quantitative estimate of drug-likeness (QED) is 0.164. The second-order valence-corrected chi connectivity index (χ2v) is 17.1. The van der Waals surface area contributed by atoms with Gasteiger partial charge in [0.1, 0.15) is 11.2 Å². The van der Waals surface area contributed by atoms with E-state index < -0.39 is 0 Å². The molecule has 0 radical (unpaired) electrons. The Bertz CT molecular complexity index is 3020. The molecule has 1 unspecified atom stereocenters. The third-order valence-corrected chi connectivity index (χ3v) is 13.1. The van der Waals surface area contributed by atoms with Gasteiger partial charge in [-0.3, -0.25) is 0 Å². The fraction of sp³-hybridized carbons (Fsp3) is 0.208. The van der Waals surface area contributed by atoms with E-state index in [1.807, 2.05) is 54.6 Å². The zero-order valence-electron chi connectivity index (χ0n) is 32.7. The van der Waals surface area contributed by atoms with Gasteiger partial charge in [0.05, 0.1) is 17.2 Å². The molecular weight excluding hydrogens is 709 g/mol. The van der Waals surface area contributed by atoms with Crippen molar-refractivity contribution >= 4 is 43.5 Å². The summed E-state index contributed by atoms with van der Waals surface area (Å²) in [5.41, 5.74) is 8.92. The van der Waals surface area contributed by atoms with Crippen LogP contribution in [-0.4, -0.2) is 15.0 Å². The number of nitriles is 1. The van der Waals surface area contributed by atoms with Crippen LogP contribution in [0.1, 0.15) is 57.1 Å². The lowest BCUT2D eigenvalue weighted by atomic mass is 9.54. The normalized spacial score (nSPS) is 20.5. The number of hydrogen-bond acceptors (Lipinski definition) is 5. The lowest BCUT2D eigenvalue weighted by molar-refractivity contribution is 0.0780. The van der Waals surface area contributed by atoms with Crippen LogP contribution in [0.15, 0.2) is 144 Å². The molecule has 2 aliphatic carbocycles. The first kappa shape index (κ1) is 34.6. The van der Waals surface area contributed by atoms with Crippen LogP contribution in [-0.2, 0) is 5.41 Å². The third kappa shape index (κ3) is 5.62. The highest BCUT2D eigenvalue weighted by molar-refractivity contribution is 6.21. The summed E-state index contributed by atoms with van der Waals surface area (Å²) < 4.78 is 6.51. The molecule has 9 aromatic rings. The monoisotopic (exact) mass is 750 g/mol. The summed E-state index contributed by atoms with van der Waals surface area (Å²) in [6.07, 6.45) is 6.65. The summed E-state index contributed by atoms with van der Waals surface area (Å²) in [4.78, 5) is 15.7. The van der Waals surface area contributed by atoms with Crippen molar-refractivity contribution < 1.29 is 4.42 Å². The summed E-state index contributed by atoms with van der Waals surface area (Å²) in [7, 11) is 0. The maximum Gasteiger partial charge on any atom is 0.167 e. The molecule has 2 fully saturated rings. The molecule has 2 heterocycles. The van der Waals surface area contributed by atoms with E-state index in [4.69, 9.17) is 19.4 Å². The van der Waals surface area contributed by atoms with Crippen molar-refractivity contribution in [1.82, 2.24) is 15.0 Å². The molecule has 7 aromatic carbocycles. The van der Waals surface area contributed by atoms with Gasteiger partial charge in [0.2, 0.25) is 0 Å². The van der Waals surface area contributed by atoms with Crippen LogP contribution in [0.5, 0.6) is 0 Å². The Morgan fingerprint density at radius 2 is 1.09 bits per heavy atom. The van der Waals surface area contributed by atoms with Gasteiger partial charge in [-0.1, -0.05) is 117 Å². The van der Waals surface area contributed by atoms with E-state index >= 15 is 0 Å². The van der Waals surface area contributed by atoms with E-state index in [-0.39, 0.29) is 5.41 Å². The number of benzene rings is 7. The van der Waals surface area contributed by atoms with Crippen molar-refractivity contribution in [2.45, 2.75) is 51.4 Å². The van der Waals surface area contributed by atoms with Gasteiger partial charge in [-0.15, -0.1) is 0 Å². The van der Waals surface area contributed by atoms with Crippen LogP contribution in [0.2, 0.25) is 0 Å². The molecule has 11 rings (SSSR count). The van der Waals surface area contributed by atoms with Crippen molar-refractivity contribution in [2.75, 3.05) is 0 Å². The number of furan rings is 1. The highest BCUT2D eigenvalue weighted by atomic mass is 16.3. The third-order valence-electron chi connectivity index (χ3n) is 13.1. The number of nitrogens with zero attached hydrogens (tertiary/aromatic N) is 4. The zero-order valence-corrected chi connectivity index (χ0v) is 32.7. The number of hydrogen-bond donors (Lipinski definition) is 0. The molecule has 0 amide bonds. The molecule has 2 bridgehead atoms. The van der Waals surface area contributed by atoms with Crippen molar-refractivity contribution in [3.05, 3.63) is 151 Å². The average Bonchev–Trinajstić information content (AvgIpc) is 3.64. The Hall–Kier alpha value is -6.64. The average molecular weight is 751 g/mol. The van der Waals surface area contributed by atoms with Gasteiger partial charge in [-0.2, -0.15) is 5.26 Å². The van der Waals surface area contributed by atoms with Crippen LogP contribution in [0.3, 0.4) is 0 Å². The van der Waals surface area contributed by atoms with Gasteiger partial charge in [-0.25, -0.2) is 15.0 Å². The Labute approximate surface area is 338 Å². The van der Waals surface area contributed by atoms with Gasteiger partial charge < -0.3 is 4.42 Å². The minimum Gasteiger partial charge on any atom is -0.455 e. The molecule has 2 saturated carbocycles. The Morgan fingerprint density at radius 3 is 1.74 bits per heavy atom. The first-order valence-electron chi connectivity index (χ1n) is 20.7. The molecule has 4 atom stereocenters. The first-order chi connectivity index (χ1) is 28.4. The van der Waals surface area contributed by atoms with Crippen LogP contribution in [0.4, 0.5) is 0 Å². The minimum atomic E-state index is 0.280. The lowest BCUT2D eigenvalue weighted by Gasteiger charge is -2.50. The van der Waals surface area contributed by atoms with E-state index in [2.05, 4.69) is 105 Å². The maximum absolute atomic E-state index is 9.58. The van der Waals surface area contributed by atoms with E-state index in [9.17, 15) is 5.26 Å². The topological polar surface area (TPSA) is 75.6 Å². The summed E-state index contributed by atoms with van der Waals surface area (Å²) in [5, 5.41) is 16.1. The molecule has 2 aromatic heterocycles. The summed E-state index contributed by atoms with van der Waals surface area (Å²) in [5.74, 6) is 4.02. The Balaban J connectivity index is 1.12. The first-order valence-corrected chi connectivity index (χ1v) is 20.7. The largest absolute Gasteiger partial charge is 0.455 e. The Kier molecular flexibility index (Phi) is 8.05. The van der Waals surface area contributed by atoms with Gasteiger partial charge in [0.25, 0.3) is 0 Å². The van der Waals surface area contributed by atoms with Crippen LogP contribution in [0.25, 0.3) is 88.8 Å². The van der Waals surface area contributed by atoms with E-state index in [0.29, 0.717) is 23.0 Å². The second-order valence-electron chi connectivity index (χ2n) is 17.1. The van der Waals surface area contributed by atoms with E-state index in [1.54, 1.807) is 0 Å². The molecular formula is C53H42N4O. The standard InChI is InChI=1S/C53H42N4O/c1-32-26-35-27-33(2)29-53(28-32,30-35)38-24-22-36(23-25-38)47-40-11-3-5-13-42(40)48(43-14-6-4-12-41(43)47)52-56-50(37-20-18-34(31-54)19-21-37)55-51(57-52)45-16-9-15-44-39-10-7-8-17-46(39)58-49(44)45/h3-25,32-33,35H,26-30H2,1-2H3/t32-,33+,35-,53?. The molecule has 2 aliphatic rings. The molecule has 5 nitrogen and oxygen atoms in total. The highest BCUT2D eigenvalue weighted by Gasteiger charge is 2.45. The molecule has 0 saturated heterocycles. The molecule has 0 spiro atoms. The summed E-state index contributed by atoms with van der Waals surface area (Å²) in [6, 6.07) is 50.9. The molecule has 0 aliphatic heterocycles. The van der Waals surface area contributed by atoms with Crippen molar-refractivity contribution in [3.63, 3.8) is 0 Å². The van der Waals surface area contributed by atoms with E-state index in [1.165, 1.54) is 48.8 Å². The van der Waals surface area contributed by atoms with Gasteiger partial charge >= 0.3 is 0 Å². The number of rotatable bonds is 5. The zero-order chi connectivity index (χ0) is 39.0. The number of aromatic nitrogens is 3. The molecule has 280 valence electrons. The predicted octanol–water partition coefficient (Wildman–Crippen LogP) is 13.7. The highest BCUT2D eigenvalue weighted by Crippen LogP contribution is 2.54. The maximum atomic E-state index is 9.58. The summed E-state index contributed by atoms with van der Waals surface area (Å²) in [6.45, 7) is 4.93. The van der Waals surface area contributed by atoms with Gasteiger partial charge in [0, 0.05) is 21.9 Å². The van der Waals surface area contributed by atoms with Crippen molar-refractivity contribution in [3.8, 4) is 51.4 Å². The second kappa shape index (κ2) is 13.5. The van der Waals surface area contributed by atoms with Crippen molar-refractivity contribution in [2.24, 2.45) is 17.8 Å². The van der Waals surface area contributed by atoms with Crippen molar-refractivity contribution in [1.29, 1.82) is 5.26 Å². The van der Waals surface area contributed by atoms with Gasteiger partial charge in [0.15, 0.2) is 17.5 Å². The minimum absolute atomic E-state index is 0.280. The van der Waals surface area contributed by atoms with E-state index in [0.717, 1.165) is 77.9 Å². The number of para-hydroxylation sites is 2.